The molecule has 1 unspecified atom stereocenters. The predicted molar refractivity (Wildman–Crippen MR) is 129 cm³/mol. The van der Waals surface area contributed by atoms with Crippen LogP contribution in [-0.4, -0.2) is 35.9 Å². The van der Waals surface area contributed by atoms with Crippen LogP contribution >= 0.6 is 39.1 Å². The van der Waals surface area contributed by atoms with Gasteiger partial charge in [0.05, 0.1) is 10.0 Å². The molecule has 2 aromatic rings. The summed E-state index contributed by atoms with van der Waals surface area (Å²) in [6.45, 7) is 6.30. The molecule has 0 saturated carbocycles. The van der Waals surface area contributed by atoms with Crippen molar-refractivity contribution in [1.82, 2.24) is 10.2 Å². The molecule has 2 aromatic carbocycles. The van der Waals surface area contributed by atoms with E-state index in [1.54, 1.807) is 31.2 Å². The summed E-state index contributed by atoms with van der Waals surface area (Å²) in [7, 11) is 0. The van der Waals surface area contributed by atoms with Gasteiger partial charge in [-0.05, 0) is 61.7 Å². The Morgan fingerprint density at radius 3 is 2.55 bits per heavy atom. The van der Waals surface area contributed by atoms with Gasteiger partial charge in [0.25, 0.3) is 5.91 Å². The third-order valence-corrected chi connectivity index (χ3v) is 6.45. The minimum atomic E-state index is -0.672. The molecule has 5 nitrogen and oxygen atoms in total. The molecule has 1 N–H and O–H groups in total. The van der Waals surface area contributed by atoms with Crippen LogP contribution in [0.4, 0.5) is 0 Å². The molecule has 8 heteroatoms. The zero-order valence-corrected chi connectivity index (χ0v) is 21.0. The van der Waals surface area contributed by atoms with Crippen LogP contribution in [-0.2, 0) is 16.1 Å². The molecule has 0 aliphatic heterocycles. The minimum absolute atomic E-state index is 0.186. The Hall–Kier alpha value is -1.76. The molecule has 0 aliphatic rings. The van der Waals surface area contributed by atoms with Gasteiger partial charge in [-0.15, -0.1) is 0 Å². The van der Waals surface area contributed by atoms with Crippen molar-refractivity contribution in [2.24, 2.45) is 0 Å². The molecule has 31 heavy (non-hydrogen) atoms. The van der Waals surface area contributed by atoms with E-state index in [1.165, 1.54) is 4.90 Å². The summed E-state index contributed by atoms with van der Waals surface area (Å²) in [6, 6.07) is 9.99. The van der Waals surface area contributed by atoms with Gasteiger partial charge in [-0.3, -0.25) is 9.59 Å². The molecule has 0 spiro atoms. The Labute approximate surface area is 202 Å². The fourth-order valence-electron chi connectivity index (χ4n) is 2.89. The van der Waals surface area contributed by atoms with E-state index in [4.69, 9.17) is 27.9 Å². The van der Waals surface area contributed by atoms with Crippen LogP contribution in [0.3, 0.4) is 0 Å². The summed E-state index contributed by atoms with van der Waals surface area (Å²) >= 11 is 15.6. The number of rotatable bonds is 10. The molecule has 168 valence electrons. The van der Waals surface area contributed by atoms with E-state index in [1.807, 2.05) is 19.1 Å². The van der Waals surface area contributed by atoms with Gasteiger partial charge >= 0.3 is 0 Å². The molecular weight excluding hydrogens is 503 g/mol. The number of carbonyl (C=O) groups excluding carboxylic acids is 2. The van der Waals surface area contributed by atoms with E-state index in [0.717, 1.165) is 28.4 Å². The number of ether oxygens (including phenoxy) is 1. The lowest BCUT2D eigenvalue weighted by molar-refractivity contribution is -0.142. The van der Waals surface area contributed by atoms with Gasteiger partial charge in [0.2, 0.25) is 5.91 Å². The average Bonchev–Trinajstić information content (AvgIpc) is 2.74. The van der Waals surface area contributed by atoms with Gasteiger partial charge in [0.15, 0.2) is 6.61 Å². The normalized spacial score (nSPS) is 11.7. The Kier molecular flexibility index (Phi) is 10.1. The summed E-state index contributed by atoms with van der Waals surface area (Å²) in [5.74, 6) is 0.0784. The Morgan fingerprint density at radius 1 is 1.16 bits per heavy atom. The molecule has 2 amide bonds. The van der Waals surface area contributed by atoms with Gasteiger partial charge in [0, 0.05) is 17.6 Å². The maximum Gasteiger partial charge on any atom is 0.261 e. The summed E-state index contributed by atoms with van der Waals surface area (Å²) < 4.78 is 6.67. The monoisotopic (exact) mass is 528 g/mol. The third-order valence-electron chi connectivity index (χ3n) is 4.83. The first-order chi connectivity index (χ1) is 14.7. The van der Waals surface area contributed by atoms with Crippen molar-refractivity contribution in [2.45, 2.75) is 46.2 Å². The fraction of sp³-hybridized carbons (Fsp3) is 0.391. The van der Waals surface area contributed by atoms with Crippen LogP contribution in [0.1, 0.15) is 37.8 Å². The number of carbonyl (C=O) groups is 2. The van der Waals surface area contributed by atoms with E-state index in [-0.39, 0.29) is 25.0 Å². The molecule has 0 fully saturated rings. The molecule has 0 heterocycles. The van der Waals surface area contributed by atoms with Crippen LogP contribution in [0.25, 0.3) is 0 Å². The first-order valence-electron chi connectivity index (χ1n) is 10.1. The summed E-state index contributed by atoms with van der Waals surface area (Å²) in [6.07, 6.45) is 1.85. The molecular formula is C23H27BrCl2N2O3. The van der Waals surface area contributed by atoms with Crippen molar-refractivity contribution in [3.63, 3.8) is 0 Å². The Balaban J connectivity index is 2.15. The number of unbranched alkanes of at least 4 members (excludes halogenated alkanes) is 1. The van der Waals surface area contributed by atoms with Gasteiger partial charge in [-0.25, -0.2) is 0 Å². The number of halogens is 3. The second kappa shape index (κ2) is 12.3. The second-order valence-electron chi connectivity index (χ2n) is 7.29. The molecule has 0 aliphatic carbocycles. The van der Waals surface area contributed by atoms with Crippen molar-refractivity contribution in [2.75, 3.05) is 13.2 Å². The molecule has 0 saturated heterocycles. The van der Waals surface area contributed by atoms with Crippen LogP contribution in [0, 0.1) is 6.92 Å². The van der Waals surface area contributed by atoms with Crippen LogP contribution in [0.2, 0.25) is 10.0 Å². The van der Waals surface area contributed by atoms with E-state index in [0.29, 0.717) is 22.3 Å². The largest absolute Gasteiger partial charge is 0.484 e. The van der Waals surface area contributed by atoms with E-state index < -0.39 is 6.04 Å². The van der Waals surface area contributed by atoms with E-state index in [2.05, 4.69) is 28.2 Å². The Bertz CT molecular complexity index is 924. The summed E-state index contributed by atoms with van der Waals surface area (Å²) in [5, 5.41) is 3.72. The number of hydrogen-bond donors (Lipinski definition) is 1. The van der Waals surface area contributed by atoms with Crippen LogP contribution in [0.15, 0.2) is 40.9 Å². The number of aryl methyl sites for hydroxylation is 1. The van der Waals surface area contributed by atoms with Crippen molar-refractivity contribution >= 4 is 50.9 Å². The predicted octanol–water partition coefficient (Wildman–Crippen LogP) is 5.78. The number of nitrogens with zero attached hydrogens (tertiary/aromatic N) is 1. The topological polar surface area (TPSA) is 58.6 Å². The number of hydrogen-bond acceptors (Lipinski definition) is 3. The number of nitrogens with one attached hydrogen (secondary N) is 1. The molecule has 0 aromatic heterocycles. The highest BCUT2D eigenvalue weighted by molar-refractivity contribution is 9.10. The first kappa shape index (κ1) is 25.5. The lowest BCUT2D eigenvalue weighted by Crippen LogP contribution is -2.49. The highest BCUT2D eigenvalue weighted by Gasteiger charge is 2.26. The molecule has 2 rings (SSSR count). The van der Waals surface area contributed by atoms with E-state index in [9.17, 15) is 9.59 Å². The fourth-order valence-corrected chi connectivity index (χ4v) is 3.46. The van der Waals surface area contributed by atoms with Gasteiger partial charge < -0.3 is 15.0 Å². The van der Waals surface area contributed by atoms with Gasteiger partial charge in [-0.2, -0.15) is 0 Å². The Morgan fingerprint density at radius 2 is 1.90 bits per heavy atom. The van der Waals surface area contributed by atoms with Crippen molar-refractivity contribution in [3.8, 4) is 5.75 Å². The summed E-state index contributed by atoms with van der Waals surface area (Å²) in [5.41, 5.74) is 1.77. The lowest BCUT2D eigenvalue weighted by Gasteiger charge is -2.29. The average molecular weight is 530 g/mol. The van der Waals surface area contributed by atoms with Crippen LogP contribution < -0.4 is 10.1 Å². The molecule has 0 bridgehead atoms. The van der Waals surface area contributed by atoms with Crippen molar-refractivity contribution in [3.05, 3.63) is 62.0 Å². The second-order valence-corrected chi connectivity index (χ2v) is 8.96. The van der Waals surface area contributed by atoms with E-state index >= 15 is 0 Å². The number of amides is 2. The maximum absolute atomic E-state index is 13.1. The van der Waals surface area contributed by atoms with Gasteiger partial charge in [0.1, 0.15) is 11.8 Å². The highest BCUT2D eigenvalue weighted by atomic mass is 79.9. The van der Waals surface area contributed by atoms with Gasteiger partial charge in [-0.1, -0.05) is 58.5 Å². The quantitative estimate of drug-likeness (QED) is 0.397. The molecule has 0 radical (unpaired) electrons. The van der Waals surface area contributed by atoms with Crippen LogP contribution in [0.5, 0.6) is 5.75 Å². The van der Waals surface area contributed by atoms with Crippen molar-refractivity contribution in [1.29, 1.82) is 0 Å². The third kappa shape index (κ3) is 7.70. The minimum Gasteiger partial charge on any atom is -0.484 e. The standard InChI is InChI=1S/C23H27BrCl2N2O3/c1-4-5-10-27-23(30)16(3)28(13-17-6-9-20(25)21(26)12-17)22(29)14-31-18-7-8-19(24)15(2)11-18/h6-9,11-12,16H,4-5,10,13-14H2,1-3H3,(H,27,30). The lowest BCUT2D eigenvalue weighted by atomic mass is 10.1. The summed E-state index contributed by atoms with van der Waals surface area (Å²) in [4.78, 5) is 27.2. The zero-order valence-electron chi connectivity index (χ0n) is 17.9. The zero-order chi connectivity index (χ0) is 23.0. The smallest absolute Gasteiger partial charge is 0.261 e. The SMILES string of the molecule is CCCCNC(=O)C(C)N(Cc1ccc(Cl)c(Cl)c1)C(=O)COc1ccc(Br)c(C)c1. The number of benzene rings is 2. The maximum atomic E-state index is 13.1. The highest BCUT2D eigenvalue weighted by Crippen LogP contribution is 2.24. The first-order valence-corrected chi connectivity index (χ1v) is 11.7. The van der Waals surface area contributed by atoms with Crippen molar-refractivity contribution < 1.29 is 14.3 Å². The molecule has 1 atom stereocenters.